The summed E-state index contributed by atoms with van der Waals surface area (Å²) in [5.74, 6) is 0.334. The fraction of sp³-hybridized carbons (Fsp3) is 0. The van der Waals surface area contributed by atoms with Gasteiger partial charge in [0.15, 0.2) is 0 Å². The molecule has 1 N–H and O–H groups in total. The van der Waals surface area contributed by atoms with Gasteiger partial charge in [-0.05, 0) is 24.4 Å². The summed E-state index contributed by atoms with van der Waals surface area (Å²) in [6, 6.07) is 3.17. The zero-order valence-electron chi connectivity index (χ0n) is 6.62. The van der Waals surface area contributed by atoms with Gasteiger partial charge < -0.3 is 4.42 Å². The van der Waals surface area contributed by atoms with Crippen LogP contribution in [-0.2, 0) is 0 Å². The lowest BCUT2D eigenvalue weighted by atomic mass is 10.3. The van der Waals surface area contributed by atoms with Crippen LogP contribution >= 0.6 is 35.4 Å². The minimum atomic E-state index is 0.198. The van der Waals surface area contributed by atoms with Gasteiger partial charge in [-0.1, -0.05) is 23.2 Å². The molecule has 0 radical (unpaired) electrons. The Labute approximate surface area is 93.9 Å². The SMILES string of the molecule is S=c1[nH]nc(-c2cc(Cl)nc(Cl)c2)o1. The molecule has 2 aromatic rings. The molecule has 0 aliphatic heterocycles. The molecule has 14 heavy (non-hydrogen) atoms. The minimum absolute atomic E-state index is 0.198. The molecule has 2 heterocycles. The maximum Gasteiger partial charge on any atom is 0.284 e. The van der Waals surface area contributed by atoms with E-state index in [1.54, 1.807) is 12.1 Å². The lowest BCUT2D eigenvalue weighted by Gasteiger charge is -1.96. The average Bonchev–Trinajstić information content (AvgIpc) is 2.50. The lowest BCUT2D eigenvalue weighted by Crippen LogP contribution is -1.82. The average molecular weight is 248 g/mol. The summed E-state index contributed by atoms with van der Waals surface area (Å²) in [6.07, 6.45) is 0. The molecule has 0 aromatic carbocycles. The first kappa shape index (κ1) is 9.64. The molecule has 0 atom stereocenters. The number of rotatable bonds is 1. The third-order valence-electron chi connectivity index (χ3n) is 1.45. The molecule has 2 rings (SSSR count). The zero-order chi connectivity index (χ0) is 10.1. The number of H-pyrrole nitrogens is 1. The Hall–Kier alpha value is -0.910. The van der Waals surface area contributed by atoms with Gasteiger partial charge in [0, 0.05) is 5.56 Å². The second-order valence-electron chi connectivity index (χ2n) is 2.42. The Kier molecular flexibility index (Phi) is 2.54. The highest BCUT2D eigenvalue weighted by Crippen LogP contribution is 2.22. The van der Waals surface area contributed by atoms with Gasteiger partial charge in [0.25, 0.3) is 4.84 Å². The van der Waals surface area contributed by atoms with E-state index in [2.05, 4.69) is 15.2 Å². The molecule has 0 amide bonds. The van der Waals surface area contributed by atoms with Crippen molar-refractivity contribution in [3.63, 3.8) is 0 Å². The van der Waals surface area contributed by atoms with Crippen LogP contribution in [0.5, 0.6) is 0 Å². The Morgan fingerprint density at radius 1 is 1.29 bits per heavy atom. The van der Waals surface area contributed by atoms with Crippen LogP contribution in [0.25, 0.3) is 11.5 Å². The number of nitrogens with zero attached hydrogens (tertiary/aromatic N) is 2. The van der Waals surface area contributed by atoms with E-state index >= 15 is 0 Å². The maximum atomic E-state index is 5.71. The number of aromatic nitrogens is 3. The van der Waals surface area contributed by atoms with Crippen molar-refractivity contribution >= 4 is 35.4 Å². The molecule has 0 fully saturated rings. The molecular formula is C7H3Cl2N3OS. The van der Waals surface area contributed by atoms with E-state index in [4.69, 9.17) is 39.8 Å². The van der Waals surface area contributed by atoms with Crippen LogP contribution in [0.3, 0.4) is 0 Å². The second-order valence-corrected chi connectivity index (χ2v) is 3.56. The van der Waals surface area contributed by atoms with Crippen molar-refractivity contribution in [2.75, 3.05) is 0 Å². The van der Waals surface area contributed by atoms with Crippen LogP contribution in [0.4, 0.5) is 0 Å². The molecular weight excluding hydrogens is 245 g/mol. The van der Waals surface area contributed by atoms with Gasteiger partial charge in [0.1, 0.15) is 10.3 Å². The van der Waals surface area contributed by atoms with Crippen molar-refractivity contribution in [3.05, 3.63) is 27.3 Å². The Morgan fingerprint density at radius 3 is 2.43 bits per heavy atom. The highest BCUT2D eigenvalue weighted by Gasteiger charge is 2.06. The monoisotopic (exact) mass is 247 g/mol. The van der Waals surface area contributed by atoms with Gasteiger partial charge in [-0.15, -0.1) is 5.10 Å². The highest BCUT2D eigenvalue weighted by atomic mass is 35.5. The highest BCUT2D eigenvalue weighted by molar-refractivity contribution is 7.71. The zero-order valence-corrected chi connectivity index (χ0v) is 8.95. The van der Waals surface area contributed by atoms with E-state index in [9.17, 15) is 0 Å². The lowest BCUT2D eigenvalue weighted by molar-refractivity contribution is 0.552. The molecule has 0 aliphatic rings. The van der Waals surface area contributed by atoms with Gasteiger partial charge in [-0.3, -0.25) is 0 Å². The summed E-state index contributed by atoms with van der Waals surface area (Å²) in [5.41, 5.74) is 0.627. The van der Waals surface area contributed by atoms with E-state index < -0.39 is 0 Å². The number of pyridine rings is 1. The molecule has 4 nitrogen and oxygen atoms in total. The third-order valence-corrected chi connectivity index (χ3v) is 2.01. The number of nitrogens with one attached hydrogen (secondary N) is 1. The van der Waals surface area contributed by atoms with Gasteiger partial charge in [-0.25, -0.2) is 10.1 Å². The Balaban J connectivity index is 2.56. The van der Waals surface area contributed by atoms with Crippen LogP contribution in [0.2, 0.25) is 10.3 Å². The predicted octanol–water partition coefficient (Wildman–Crippen LogP) is 3.10. The fourth-order valence-electron chi connectivity index (χ4n) is 0.942. The largest absolute Gasteiger partial charge is 0.409 e. The number of halogens is 2. The molecule has 2 aromatic heterocycles. The van der Waals surface area contributed by atoms with Crippen molar-refractivity contribution in [2.24, 2.45) is 0 Å². The summed E-state index contributed by atoms with van der Waals surface area (Å²) >= 11 is 16.1. The summed E-state index contributed by atoms with van der Waals surface area (Å²) < 4.78 is 5.08. The van der Waals surface area contributed by atoms with E-state index in [1.165, 1.54) is 0 Å². The molecule has 0 saturated carbocycles. The van der Waals surface area contributed by atoms with Crippen molar-refractivity contribution < 1.29 is 4.42 Å². The smallest absolute Gasteiger partial charge is 0.284 e. The van der Waals surface area contributed by atoms with Crippen molar-refractivity contribution in [1.82, 2.24) is 15.2 Å². The van der Waals surface area contributed by atoms with Crippen molar-refractivity contribution in [1.29, 1.82) is 0 Å². The predicted molar refractivity (Wildman–Crippen MR) is 54.9 cm³/mol. The molecule has 7 heteroatoms. The van der Waals surface area contributed by atoms with Gasteiger partial charge in [0.2, 0.25) is 5.89 Å². The Bertz CT molecular complexity index is 501. The van der Waals surface area contributed by atoms with Crippen molar-refractivity contribution in [3.8, 4) is 11.5 Å². The van der Waals surface area contributed by atoms with E-state index in [-0.39, 0.29) is 15.1 Å². The van der Waals surface area contributed by atoms with Gasteiger partial charge in [-0.2, -0.15) is 0 Å². The summed E-state index contributed by atoms with van der Waals surface area (Å²) in [4.78, 5) is 3.99. The second kappa shape index (κ2) is 3.68. The molecule has 0 bridgehead atoms. The summed E-state index contributed by atoms with van der Waals surface area (Å²) in [5, 5.41) is 6.87. The normalized spacial score (nSPS) is 10.4. The van der Waals surface area contributed by atoms with Crippen molar-refractivity contribution in [2.45, 2.75) is 0 Å². The molecule has 0 unspecified atom stereocenters. The first-order valence-electron chi connectivity index (χ1n) is 3.54. The Morgan fingerprint density at radius 2 is 1.93 bits per heavy atom. The number of aromatic amines is 1. The van der Waals surface area contributed by atoms with Gasteiger partial charge in [0.05, 0.1) is 0 Å². The molecule has 0 spiro atoms. The fourth-order valence-corrected chi connectivity index (χ4v) is 1.53. The quantitative estimate of drug-likeness (QED) is 0.622. The molecule has 72 valence electrons. The topological polar surface area (TPSA) is 54.7 Å². The molecule has 0 aliphatic carbocycles. The van der Waals surface area contributed by atoms with E-state index in [0.29, 0.717) is 11.5 Å². The van der Waals surface area contributed by atoms with Crippen LogP contribution in [0.15, 0.2) is 16.5 Å². The van der Waals surface area contributed by atoms with Crippen LogP contribution < -0.4 is 0 Å². The number of hydrogen-bond donors (Lipinski definition) is 1. The van der Waals surface area contributed by atoms with Crippen LogP contribution in [0, 0.1) is 4.84 Å². The maximum absolute atomic E-state index is 5.71. The third kappa shape index (κ3) is 1.95. The van der Waals surface area contributed by atoms with E-state index in [0.717, 1.165) is 0 Å². The summed E-state index contributed by atoms with van der Waals surface area (Å²) in [7, 11) is 0. The number of hydrogen-bond acceptors (Lipinski definition) is 4. The first-order chi connectivity index (χ1) is 6.65. The molecule has 0 saturated heterocycles. The van der Waals surface area contributed by atoms with Gasteiger partial charge >= 0.3 is 0 Å². The van der Waals surface area contributed by atoms with E-state index in [1.807, 2.05) is 0 Å². The summed E-state index contributed by atoms with van der Waals surface area (Å²) in [6.45, 7) is 0. The van der Waals surface area contributed by atoms with Crippen LogP contribution in [0.1, 0.15) is 0 Å². The first-order valence-corrected chi connectivity index (χ1v) is 4.70. The minimum Gasteiger partial charge on any atom is -0.409 e. The van der Waals surface area contributed by atoms with Crippen LogP contribution in [-0.4, -0.2) is 15.2 Å². The standard InChI is InChI=1S/C7H3Cl2N3OS/c8-4-1-3(2-5(9)10-4)6-11-12-7(14)13-6/h1-2H,(H,12,14).